The number of nitrogens with one attached hydrogen (secondary N) is 1. The Labute approximate surface area is 142 Å². The minimum Gasteiger partial charge on any atom is -0.361 e. The van der Waals surface area contributed by atoms with E-state index in [1.54, 1.807) is 0 Å². The van der Waals surface area contributed by atoms with Crippen LogP contribution in [0.15, 0.2) is 30.3 Å². The highest BCUT2D eigenvalue weighted by atomic mass is 16.2. The van der Waals surface area contributed by atoms with Crippen molar-refractivity contribution in [1.82, 2.24) is 9.47 Å². The second-order valence-electron chi connectivity index (χ2n) is 6.30. The number of anilines is 1. The van der Waals surface area contributed by atoms with Gasteiger partial charge in [0.05, 0.1) is 5.56 Å². The van der Waals surface area contributed by atoms with Gasteiger partial charge >= 0.3 is 0 Å². The van der Waals surface area contributed by atoms with Crippen LogP contribution in [0.25, 0.3) is 0 Å². The molecule has 1 N–H and O–H groups in total. The molecular weight excluding hydrogens is 300 g/mol. The lowest BCUT2D eigenvalue weighted by atomic mass is 10.0. The van der Waals surface area contributed by atoms with Crippen LogP contribution in [0.4, 0.5) is 5.69 Å². The zero-order valence-corrected chi connectivity index (χ0v) is 14.5. The van der Waals surface area contributed by atoms with Crippen molar-refractivity contribution in [2.45, 2.75) is 39.4 Å². The Bertz CT molecular complexity index is 830. The van der Waals surface area contributed by atoms with E-state index in [0.29, 0.717) is 11.3 Å². The van der Waals surface area contributed by atoms with Crippen molar-refractivity contribution in [1.29, 1.82) is 5.26 Å². The second-order valence-corrected chi connectivity index (χ2v) is 6.30. The minimum atomic E-state index is -0.268. The number of carbonyl (C=O) groups is 1. The number of hydrogen-bond donors (Lipinski definition) is 1. The van der Waals surface area contributed by atoms with Crippen molar-refractivity contribution in [3.05, 3.63) is 52.8 Å². The first-order valence-corrected chi connectivity index (χ1v) is 8.24. The molecule has 0 saturated carbocycles. The standard InChI is InChI=1S/C19H22N4O/c1-5-12(2)23-18(16-10-14(11-20)22(4)13(16)3)21-17-9-7-6-8-15(17)19(23)24/h6-10,12,18,21H,5H2,1-4H3/t12-,18+/m0/s1. The Morgan fingerprint density at radius 1 is 1.38 bits per heavy atom. The van der Waals surface area contributed by atoms with Gasteiger partial charge in [-0.3, -0.25) is 4.79 Å². The van der Waals surface area contributed by atoms with E-state index in [4.69, 9.17) is 0 Å². The van der Waals surface area contributed by atoms with Gasteiger partial charge in [0.15, 0.2) is 0 Å². The van der Waals surface area contributed by atoms with Crippen molar-refractivity contribution in [3.8, 4) is 6.07 Å². The van der Waals surface area contributed by atoms with E-state index in [1.165, 1.54) is 0 Å². The van der Waals surface area contributed by atoms with Gasteiger partial charge in [0.1, 0.15) is 17.9 Å². The van der Waals surface area contributed by atoms with Crippen LogP contribution in [-0.4, -0.2) is 21.4 Å². The lowest BCUT2D eigenvalue weighted by Crippen LogP contribution is -2.47. The Balaban J connectivity index is 2.15. The molecule has 0 radical (unpaired) electrons. The highest BCUT2D eigenvalue weighted by Gasteiger charge is 2.36. The first-order chi connectivity index (χ1) is 11.5. The summed E-state index contributed by atoms with van der Waals surface area (Å²) in [4.78, 5) is 15.0. The third-order valence-corrected chi connectivity index (χ3v) is 5.01. The van der Waals surface area contributed by atoms with Gasteiger partial charge in [-0.2, -0.15) is 5.26 Å². The zero-order valence-electron chi connectivity index (χ0n) is 14.5. The monoisotopic (exact) mass is 322 g/mol. The molecule has 124 valence electrons. The molecule has 0 saturated heterocycles. The first-order valence-electron chi connectivity index (χ1n) is 8.24. The predicted octanol–water partition coefficient (Wildman–Crippen LogP) is 3.57. The largest absolute Gasteiger partial charge is 0.361 e. The average molecular weight is 322 g/mol. The summed E-state index contributed by atoms with van der Waals surface area (Å²) in [5.41, 5.74) is 4.10. The summed E-state index contributed by atoms with van der Waals surface area (Å²) < 4.78 is 1.87. The van der Waals surface area contributed by atoms with Crippen molar-refractivity contribution in [2.24, 2.45) is 7.05 Å². The lowest BCUT2D eigenvalue weighted by Gasteiger charge is -2.41. The topological polar surface area (TPSA) is 61.1 Å². The number of hydrogen-bond acceptors (Lipinski definition) is 3. The van der Waals surface area contributed by atoms with Crippen molar-refractivity contribution in [3.63, 3.8) is 0 Å². The Kier molecular flexibility index (Phi) is 4.06. The molecule has 2 aromatic rings. The fourth-order valence-electron chi connectivity index (χ4n) is 3.25. The molecule has 1 aromatic carbocycles. The molecule has 0 aliphatic carbocycles. The molecule has 1 amide bonds. The van der Waals surface area contributed by atoms with Gasteiger partial charge in [0.25, 0.3) is 5.91 Å². The number of benzene rings is 1. The van der Waals surface area contributed by atoms with Gasteiger partial charge < -0.3 is 14.8 Å². The Morgan fingerprint density at radius 2 is 2.08 bits per heavy atom. The number of nitrogens with zero attached hydrogens (tertiary/aromatic N) is 3. The fourth-order valence-corrected chi connectivity index (χ4v) is 3.25. The van der Waals surface area contributed by atoms with E-state index in [1.807, 2.05) is 53.8 Å². The van der Waals surface area contributed by atoms with Gasteiger partial charge in [-0.25, -0.2) is 0 Å². The van der Waals surface area contributed by atoms with Crippen molar-refractivity contribution in [2.75, 3.05) is 5.32 Å². The first kappa shape index (κ1) is 16.1. The van der Waals surface area contributed by atoms with Crippen molar-refractivity contribution >= 4 is 11.6 Å². The molecule has 0 fully saturated rings. The van der Waals surface area contributed by atoms with E-state index < -0.39 is 0 Å². The van der Waals surface area contributed by atoms with E-state index in [2.05, 4.69) is 25.2 Å². The summed E-state index contributed by atoms with van der Waals surface area (Å²) in [7, 11) is 1.88. The number of fused-ring (bicyclic) bond motifs is 1. The van der Waals surface area contributed by atoms with Gasteiger partial charge in [-0.15, -0.1) is 0 Å². The third-order valence-electron chi connectivity index (χ3n) is 5.01. The van der Waals surface area contributed by atoms with Crippen LogP contribution >= 0.6 is 0 Å². The molecule has 5 nitrogen and oxygen atoms in total. The number of aromatic nitrogens is 1. The molecule has 5 heteroatoms. The van der Waals surface area contributed by atoms with Crippen LogP contribution < -0.4 is 5.32 Å². The smallest absolute Gasteiger partial charge is 0.258 e. The molecular formula is C19H22N4O. The van der Waals surface area contributed by atoms with Gasteiger partial charge in [-0.05, 0) is 38.5 Å². The molecule has 0 bridgehead atoms. The SMILES string of the molecule is CC[C@H](C)N1C(=O)c2ccccc2N[C@H]1c1cc(C#N)n(C)c1C. The molecule has 24 heavy (non-hydrogen) atoms. The number of amides is 1. The fraction of sp³-hybridized carbons (Fsp3) is 0.368. The van der Waals surface area contributed by atoms with Gasteiger partial charge in [0, 0.05) is 30.0 Å². The van der Waals surface area contributed by atoms with E-state index in [0.717, 1.165) is 23.4 Å². The summed E-state index contributed by atoms with van der Waals surface area (Å²) in [6.45, 7) is 6.12. The number of nitriles is 1. The number of rotatable bonds is 3. The summed E-state index contributed by atoms with van der Waals surface area (Å²) >= 11 is 0. The zero-order chi connectivity index (χ0) is 17.4. The lowest BCUT2D eigenvalue weighted by molar-refractivity contribution is 0.0593. The maximum Gasteiger partial charge on any atom is 0.258 e. The molecule has 1 aliphatic heterocycles. The summed E-state index contributed by atoms with van der Waals surface area (Å²) in [6, 6.07) is 11.8. The van der Waals surface area contributed by atoms with Crippen LogP contribution in [0.2, 0.25) is 0 Å². The predicted molar refractivity (Wildman–Crippen MR) is 93.6 cm³/mol. The minimum absolute atomic E-state index is 0.0328. The molecule has 1 aromatic heterocycles. The Morgan fingerprint density at radius 3 is 2.71 bits per heavy atom. The number of para-hydroxylation sites is 1. The molecule has 0 spiro atoms. The summed E-state index contributed by atoms with van der Waals surface area (Å²) in [5.74, 6) is 0.0328. The van der Waals surface area contributed by atoms with E-state index in [-0.39, 0.29) is 18.1 Å². The molecule has 2 heterocycles. The molecule has 0 unspecified atom stereocenters. The van der Waals surface area contributed by atoms with E-state index >= 15 is 0 Å². The second kappa shape index (κ2) is 6.04. The van der Waals surface area contributed by atoms with E-state index in [9.17, 15) is 10.1 Å². The van der Waals surface area contributed by atoms with Gasteiger partial charge in [0.2, 0.25) is 0 Å². The maximum absolute atomic E-state index is 13.1. The van der Waals surface area contributed by atoms with Crippen LogP contribution in [0.5, 0.6) is 0 Å². The van der Waals surface area contributed by atoms with Crippen LogP contribution in [-0.2, 0) is 7.05 Å². The molecule has 1 aliphatic rings. The summed E-state index contributed by atoms with van der Waals surface area (Å²) in [5, 5.41) is 12.8. The highest BCUT2D eigenvalue weighted by molar-refractivity contribution is 6.01. The Hall–Kier alpha value is -2.74. The van der Waals surface area contributed by atoms with Crippen LogP contribution in [0.1, 0.15) is 53.7 Å². The number of carbonyl (C=O) groups excluding carboxylic acids is 1. The third kappa shape index (κ3) is 2.35. The average Bonchev–Trinajstić information content (AvgIpc) is 2.89. The van der Waals surface area contributed by atoms with Gasteiger partial charge in [-0.1, -0.05) is 19.1 Å². The molecule has 3 rings (SSSR count). The quantitative estimate of drug-likeness (QED) is 0.939. The molecule has 2 atom stereocenters. The summed E-state index contributed by atoms with van der Waals surface area (Å²) in [6.07, 6.45) is 0.596. The maximum atomic E-state index is 13.1. The highest BCUT2D eigenvalue weighted by Crippen LogP contribution is 2.36. The van der Waals surface area contributed by atoms with Crippen LogP contribution in [0, 0.1) is 18.3 Å². The van der Waals surface area contributed by atoms with Crippen molar-refractivity contribution < 1.29 is 4.79 Å². The van der Waals surface area contributed by atoms with Crippen LogP contribution in [0.3, 0.4) is 0 Å². The normalized spacial score (nSPS) is 17.9.